The summed E-state index contributed by atoms with van der Waals surface area (Å²) in [5.74, 6) is 0. The van der Waals surface area contributed by atoms with Crippen molar-refractivity contribution in [2.75, 3.05) is 6.54 Å². The highest BCUT2D eigenvalue weighted by Crippen LogP contribution is 2.27. The van der Waals surface area contributed by atoms with Crippen molar-refractivity contribution in [1.29, 1.82) is 0 Å². The summed E-state index contributed by atoms with van der Waals surface area (Å²) in [6.45, 7) is 5.71. The highest BCUT2D eigenvalue weighted by Gasteiger charge is 2.20. The second kappa shape index (κ2) is 6.84. The van der Waals surface area contributed by atoms with Gasteiger partial charge in [-0.05, 0) is 58.1 Å². The third-order valence-corrected chi connectivity index (χ3v) is 3.85. The molecule has 0 bridgehead atoms. The summed E-state index contributed by atoms with van der Waals surface area (Å²) in [7, 11) is 0. The van der Waals surface area contributed by atoms with E-state index < -0.39 is 17.7 Å². The Balaban J connectivity index is 2.00. The number of amides is 1. The molecule has 1 unspecified atom stereocenters. The third-order valence-electron chi connectivity index (χ3n) is 3.55. The highest BCUT2D eigenvalue weighted by molar-refractivity contribution is 6.30. The van der Waals surface area contributed by atoms with Gasteiger partial charge in [0.05, 0.1) is 6.04 Å². The molecule has 0 saturated heterocycles. The van der Waals surface area contributed by atoms with Crippen LogP contribution in [-0.4, -0.2) is 23.2 Å². The van der Waals surface area contributed by atoms with Crippen molar-refractivity contribution in [3.8, 4) is 0 Å². The Morgan fingerprint density at radius 3 is 2.82 bits per heavy atom. The van der Waals surface area contributed by atoms with E-state index in [1.54, 1.807) is 0 Å². The van der Waals surface area contributed by atoms with Crippen LogP contribution < -0.4 is 11.1 Å². The van der Waals surface area contributed by atoms with Crippen LogP contribution in [0.4, 0.5) is 4.79 Å². The van der Waals surface area contributed by atoms with Crippen LogP contribution in [0.1, 0.15) is 56.5 Å². The van der Waals surface area contributed by atoms with E-state index >= 15 is 0 Å². The molecule has 1 amide bonds. The number of hydrogen-bond acceptors (Lipinski definition) is 4. The van der Waals surface area contributed by atoms with Gasteiger partial charge in [0, 0.05) is 17.8 Å². The molecule has 0 aliphatic heterocycles. The molecule has 0 aromatic carbocycles. The number of carbonyl (C=O) groups is 1. The normalized spacial score (nSPS) is 15.9. The van der Waals surface area contributed by atoms with Crippen molar-refractivity contribution in [3.05, 3.63) is 28.0 Å². The lowest BCUT2D eigenvalue weighted by Crippen LogP contribution is -2.36. The first kappa shape index (κ1) is 17.0. The van der Waals surface area contributed by atoms with Gasteiger partial charge >= 0.3 is 6.09 Å². The van der Waals surface area contributed by atoms with Gasteiger partial charge in [-0.3, -0.25) is 0 Å². The van der Waals surface area contributed by atoms with Crippen LogP contribution in [-0.2, 0) is 17.6 Å². The smallest absolute Gasteiger partial charge is 0.407 e. The molecule has 2 rings (SSSR count). The molecule has 6 heteroatoms. The van der Waals surface area contributed by atoms with Gasteiger partial charge in [0.2, 0.25) is 0 Å². The molecule has 0 fully saturated rings. The van der Waals surface area contributed by atoms with Gasteiger partial charge in [-0.25, -0.2) is 9.78 Å². The first-order valence-corrected chi connectivity index (χ1v) is 8.04. The Labute approximate surface area is 136 Å². The number of aryl methyl sites for hydroxylation is 2. The molecule has 1 atom stereocenters. The fourth-order valence-corrected chi connectivity index (χ4v) is 2.80. The zero-order chi connectivity index (χ0) is 16.3. The summed E-state index contributed by atoms with van der Waals surface area (Å²) in [5, 5.41) is 3.10. The predicted molar refractivity (Wildman–Crippen MR) is 87.1 cm³/mol. The summed E-state index contributed by atoms with van der Waals surface area (Å²) in [6, 6.07) is 1.63. The number of carbonyl (C=O) groups excluding carboxylic acids is 1. The van der Waals surface area contributed by atoms with E-state index in [4.69, 9.17) is 22.1 Å². The van der Waals surface area contributed by atoms with Gasteiger partial charge in [0.15, 0.2) is 0 Å². The van der Waals surface area contributed by atoms with Crippen LogP contribution in [0.3, 0.4) is 0 Å². The topological polar surface area (TPSA) is 77.2 Å². The van der Waals surface area contributed by atoms with Crippen molar-refractivity contribution in [2.45, 2.75) is 58.1 Å². The van der Waals surface area contributed by atoms with E-state index in [1.165, 1.54) is 12.0 Å². The molecule has 3 N–H and O–H groups in total. The summed E-state index contributed by atoms with van der Waals surface area (Å²) in [4.78, 5) is 16.1. The molecule has 5 nitrogen and oxygen atoms in total. The molecular formula is C16H24ClN3O2. The second-order valence-electron chi connectivity index (χ2n) is 6.67. The van der Waals surface area contributed by atoms with E-state index in [2.05, 4.69) is 10.3 Å². The van der Waals surface area contributed by atoms with Gasteiger partial charge in [0.1, 0.15) is 10.8 Å². The lowest BCUT2D eigenvalue weighted by atomic mass is 9.94. The van der Waals surface area contributed by atoms with Gasteiger partial charge in [-0.1, -0.05) is 11.6 Å². The average Bonchev–Trinajstić information content (AvgIpc) is 2.42. The molecule has 1 aromatic rings. The Bertz CT molecular complexity index is 555. The molecule has 122 valence electrons. The molecule has 0 spiro atoms. The SMILES string of the molecule is CC(C)(C)OC(=O)NCC(N)c1cc2c(nc1Cl)CCCC2. The van der Waals surface area contributed by atoms with Gasteiger partial charge < -0.3 is 15.8 Å². The Morgan fingerprint density at radius 1 is 1.45 bits per heavy atom. The van der Waals surface area contributed by atoms with E-state index in [0.717, 1.165) is 30.5 Å². The standard InChI is InChI=1S/C16H24ClN3O2/c1-16(2,3)22-15(21)19-9-12(18)11-8-10-6-4-5-7-13(10)20-14(11)17/h8,12H,4-7,9,18H2,1-3H3,(H,19,21). The lowest BCUT2D eigenvalue weighted by molar-refractivity contribution is 0.0524. The minimum atomic E-state index is -0.529. The van der Waals surface area contributed by atoms with E-state index in [-0.39, 0.29) is 6.54 Å². The number of pyridine rings is 1. The maximum Gasteiger partial charge on any atom is 0.407 e. The van der Waals surface area contributed by atoms with Crippen molar-refractivity contribution < 1.29 is 9.53 Å². The number of nitrogens with two attached hydrogens (primary N) is 1. The summed E-state index contributed by atoms with van der Waals surface area (Å²) in [6.07, 6.45) is 3.83. The molecule has 1 aliphatic rings. The van der Waals surface area contributed by atoms with Crippen LogP contribution in [0.25, 0.3) is 0 Å². The fourth-order valence-electron chi connectivity index (χ4n) is 2.50. The molecule has 0 saturated carbocycles. The number of hydrogen-bond donors (Lipinski definition) is 2. The van der Waals surface area contributed by atoms with Crippen LogP contribution in [0.2, 0.25) is 5.15 Å². The Kier molecular flexibility index (Phi) is 5.29. The highest BCUT2D eigenvalue weighted by atomic mass is 35.5. The predicted octanol–water partition coefficient (Wildman–Crippen LogP) is 3.14. The van der Waals surface area contributed by atoms with Gasteiger partial charge in [-0.2, -0.15) is 0 Å². The van der Waals surface area contributed by atoms with Crippen molar-refractivity contribution in [3.63, 3.8) is 0 Å². The van der Waals surface area contributed by atoms with Crippen molar-refractivity contribution in [1.82, 2.24) is 10.3 Å². The molecular weight excluding hydrogens is 302 g/mol. The number of halogens is 1. The molecule has 0 radical (unpaired) electrons. The van der Waals surface area contributed by atoms with Crippen molar-refractivity contribution >= 4 is 17.7 Å². The van der Waals surface area contributed by atoms with Crippen LogP contribution in [0.15, 0.2) is 6.07 Å². The summed E-state index contributed by atoms with van der Waals surface area (Å²) >= 11 is 6.24. The molecule has 22 heavy (non-hydrogen) atoms. The van der Waals surface area contributed by atoms with E-state index in [1.807, 2.05) is 26.8 Å². The largest absolute Gasteiger partial charge is 0.444 e. The lowest BCUT2D eigenvalue weighted by Gasteiger charge is -2.22. The number of aromatic nitrogens is 1. The Morgan fingerprint density at radius 2 is 2.14 bits per heavy atom. The maximum absolute atomic E-state index is 11.7. The molecule has 1 aliphatic carbocycles. The number of nitrogens with one attached hydrogen (secondary N) is 1. The number of ether oxygens (including phenoxy) is 1. The minimum absolute atomic E-state index is 0.259. The zero-order valence-corrected chi connectivity index (χ0v) is 14.2. The number of rotatable bonds is 3. The van der Waals surface area contributed by atoms with E-state index in [9.17, 15) is 4.79 Å². The van der Waals surface area contributed by atoms with Crippen LogP contribution in [0, 0.1) is 0 Å². The zero-order valence-electron chi connectivity index (χ0n) is 13.4. The second-order valence-corrected chi connectivity index (χ2v) is 7.03. The fraction of sp³-hybridized carbons (Fsp3) is 0.625. The third kappa shape index (κ3) is 4.58. The Hall–Kier alpha value is -1.33. The quantitative estimate of drug-likeness (QED) is 0.837. The summed E-state index contributed by atoms with van der Waals surface area (Å²) < 4.78 is 5.19. The maximum atomic E-state index is 11.7. The monoisotopic (exact) mass is 325 g/mol. The van der Waals surface area contributed by atoms with Crippen LogP contribution in [0.5, 0.6) is 0 Å². The number of nitrogens with zero attached hydrogens (tertiary/aromatic N) is 1. The van der Waals surface area contributed by atoms with E-state index in [0.29, 0.717) is 5.15 Å². The number of alkyl carbamates (subject to hydrolysis) is 1. The first-order valence-electron chi connectivity index (χ1n) is 7.67. The molecule has 1 heterocycles. The average molecular weight is 326 g/mol. The first-order chi connectivity index (χ1) is 10.3. The van der Waals surface area contributed by atoms with Gasteiger partial charge in [0.25, 0.3) is 0 Å². The number of fused-ring (bicyclic) bond motifs is 1. The molecule has 1 aromatic heterocycles. The van der Waals surface area contributed by atoms with Crippen molar-refractivity contribution in [2.24, 2.45) is 5.73 Å². The minimum Gasteiger partial charge on any atom is -0.444 e. The van der Waals surface area contributed by atoms with Gasteiger partial charge in [-0.15, -0.1) is 0 Å². The van der Waals surface area contributed by atoms with Crippen LogP contribution >= 0.6 is 11.6 Å². The summed E-state index contributed by atoms with van der Waals surface area (Å²) in [5.41, 5.74) is 8.69.